The summed E-state index contributed by atoms with van der Waals surface area (Å²) in [7, 11) is 1.92. The van der Waals surface area contributed by atoms with Crippen molar-refractivity contribution in [2.24, 2.45) is 0 Å². The number of likely N-dealkylation sites (N-methyl/N-ethyl adjacent to an activating group) is 1. The highest BCUT2D eigenvalue weighted by Crippen LogP contribution is 2.43. The molecule has 2 heterocycles. The molecule has 0 bridgehead atoms. The summed E-state index contributed by atoms with van der Waals surface area (Å²) in [4.78, 5) is 20.6. The number of halogens is 2. The number of piperidine rings is 1. The average molecular weight is 524 g/mol. The van der Waals surface area contributed by atoms with Gasteiger partial charge in [0.1, 0.15) is 5.54 Å². The first-order chi connectivity index (χ1) is 17.5. The number of amides is 1. The SMILES string of the molecule is CNCCN1CN(c2ccccc2)C2(CCN(C(c3ccccc3Cl)c3ccccc3Cl)CC2)C1=O. The van der Waals surface area contributed by atoms with Crippen LogP contribution in [0.2, 0.25) is 10.0 Å². The summed E-state index contributed by atoms with van der Waals surface area (Å²) in [6.07, 6.45) is 1.48. The average Bonchev–Trinajstić information content (AvgIpc) is 3.17. The fourth-order valence-electron chi connectivity index (χ4n) is 5.73. The fraction of sp³-hybridized carbons (Fsp3) is 0.345. The second-order valence-corrected chi connectivity index (χ2v) is 10.4. The number of benzene rings is 3. The van der Waals surface area contributed by atoms with Crippen molar-refractivity contribution in [1.29, 1.82) is 0 Å². The van der Waals surface area contributed by atoms with Crippen LogP contribution in [-0.2, 0) is 4.79 Å². The molecular formula is C29H32Cl2N4O. The molecule has 1 N–H and O–H groups in total. The molecule has 2 saturated heterocycles. The Morgan fingerprint density at radius 2 is 1.42 bits per heavy atom. The van der Waals surface area contributed by atoms with E-state index in [0.717, 1.165) is 59.3 Å². The second-order valence-electron chi connectivity index (χ2n) is 9.59. The van der Waals surface area contributed by atoms with Crippen molar-refractivity contribution in [2.75, 3.05) is 44.8 Å². The van der Waals surface area contributed by atoms with Crippen molar-refractivity contribution in [3.63, 3.8) is 0 Å². The third-order valence-electron chi connectivity index (χ3n) is 7.60. The molecule has 188 valence electrons. The molecule has 0 aromatic heterocycles. The van der Waals surface area contributed by atoms with Crippen LogP contribution in [0.25, 0.3) is 0 Å². The molecule has 7 heteroatoms. The molecule has 5 nitrogen and oxygen atoms in total. The molecule has 0 unspecified atom stereocenters. The van der Waals surface area contributed by atoms with E-state index in [4.69, 9.17) is 23.2 Å². The van der Waals surface area contributed by atoms with Crippen molar-refractivity contribution in [3.05, 3.63) is 100 Å². The zero-order valence-electron chi connectivity index (χ0n) is 20.5. The van der Waals surface area contributed by atoms with E-state index in [1.165, 1.54) is 0 Å². The molecule has 1 amide bonds. The fourth-order valence-corrected chi connectivity index (χ4v) is 6.20. The maximum atomic E-state index is 13.9. The maximum absolute atomic E-state index is 13.9. The standard InChI is InChI=1S/C29H32Cl2N4O/c1-32-17-20-34-21-35(22-9-3-2-4-10-22)29(28(34)36)15-18-33(19-16-29)27(23-11-5-7-13-25(23)30)24-12-6-8-14-26(24)31/h2-14,27,32H,15-21H2,1H3. The molecule has 0 atom stereocenters. The summed E-state index contributed by atoms with van der Waals surface area (Å²) in [6, 6.07) is 26.2. The minimum atomic E-state index is -0.545. The van der Waals surface area contributed by atoms with E-state index in [1.807, 2.05) is 66.5 Å². The number of nitrogens with zero attached hydrogens (tertiary/aromatic N) is 3. The van der Waals surface area contributed by atoms with Crippen LogP contribution in [0, 0.1) is 0 Å². The van der Waals surface area contributed by atoms with E-state index in [9.17, 15) is 4.79 Å². The van der Waals surface area contributed by atoms with Gasteiger partial charge in [-0.05, 0) is 55.3 Å². The van der Waals surface area contributed by atoms with Crippen molar-refractivity contribution in [1.82, 2.24) is 15.1 Å². The summed E-state index contributed by atoms with van der Waals surface area (Å²) in [6.45, 7) is 3.61. The lowest BCUT2D eigenvalue weighted by atomic mass is 9.83. The van der Waals surface area contributed by atoms with Gasteiger partial charge < -0.3 is 15.1 Å². The zero-order chi connectivity index (χ0) is 25.1. The van der Waals surface area contributed by atoms with Gasteiger partial charge in [-0.25, -0.2) is 0 Å². The monoisotopic (exact) mass is 522 g/mol. The molecule has 2 aliphatic rings. The van der Waals surface area contributed by atoms with Gasteiger partial charge in [-0.15, -0.1) is 0 Å². The molecule has 3 aromatic carbocycles. The van der Waals surface area contributed by atoms with Crippen molar-refractivity contribution >= 4 is 34.8 Å². The van der Waals surface area contributed by atoms with Gasteiger partial charge in [-0.3, -0.25) is 9.69 Å². The van der Waals surface area contributed by atoms with Gasteiger partial charge in [0.15, 0.2) is 0 Å². The quantitative estimate of drug-likeness (QED) is 0.448. The van der Waals surface area contributed by atoms with Crippen LogP contribution >= 0.6 is 23.2 Å². The minimum Gasteiger partial charge on any atom is -0.339 e. The molecule has 0 saturated carbocycles. The normalized spacial score (nSPS) is 17.9. The lowest BCUT2D eigenvalue weighted by Gasteiger charge is -2.46. The van der Waals surface area contributed by atoms with E-state index in [2.05, 4.69) is 39.4 Å². The van der Waals surface area contributed by atoms with E-state index >= 15 is 0 Å². The number of carbonyl (C=O) groups is 1. The first-order valence-electron chi connectivity index (χ1n) is 12.5. The smallest absolute Gasteiger partial charge is 0.250 e. The van der Waals surface area contributed by atoms with E-state index < -0.39 is 5.54 Å². The lowest BCUT2D eigenvalue weighted by Crippen LogP contribution is -2.57. The van der Waals surface area contributed by atoms with Crippen LogP contribution < -0.4 is 10.2 Å². The van der Waals surface area contributed by atoms with Crippen molar-refractivity contribution in [3.8, 4) is 0 Å². The molecule has 0 radical (unpaired) electrons. The first kappa shape index (κ1) is 25.1. The number of nitrogens with one attached hydrogen (secondary N) is 1. The number of hydrogen-bond acceptors (Lipinski definition) is 4. The number of para-hydroxylation sites is 1. The molecule has 1 spiro atoms. The maximum Gasteiger partial charge on any atom is 0.250 e. The van der Waals surface area contributed by atoms with E-state index in [0.29, 0.717) is 13.2 Å². The van der Waals surface area contributed by atoms with Crippen LogP contribution in [0.5, 0.6) is 0 Å². The Bertz CT molecular complexity index is 1150. The summed E-state index contributed by atoms with van der Waals surface area (Å²) in [5.74, 6) is 0.230. The van der Waals surface area contributed by atoms with Gasteiger partial charge in [-0.2, -0.15) is 0 Å². The highest BCUT2D eigenvalue weighted by Gasteiger charge is 2.54. The summed E-state index contributed by atoms with van der Waals surface area (Å²) >= 11 is 13.4. The molecule has 36 heavy (non-hydrogen) atoms. The molecule has 2 fully saturated rings. The summed E-state index contributed by atoms with van der Waals surface area (Å²) in [5.41, 5.74) is 2.63. The molecule has 0 aliphatic carbocycles. The third-order valence-corrected chi connectivity index (χ3v) is 8.29. The molecule has 2 aliphatic heterocycles. The Morgan fingerprint density at radius 3 is 1.97 bits per heavy atom. The van der Waals surface area contributed by atoms with E-state index in [-0.39, 0.29) is 11.9 Å². The van der Waals surface area contributed by atoms with Crippen LogP contribution in [-0.4, -0.2) is 61.1 Å². The highest BCUT2D eigenvalue weighted by molar-refractivity contribution is 6.32. The van der Waals surface area contributed by atoms with Crippen molar-refractivity contribution in [2.45, 2.75) is 24.4 Å². The Kier molecular flexibility index (Phi) is 7.54. The number of carbonyl (C=O) groups excluding carboxylic acids is 1. The lowest BCUT2D eigenvalue weighted by molar-refractivity contribution is -0.133. The molecule has 5 rings (SSSR count). The number of anilines is 1. The summed E-state index contributed by atoms with van der Waals surface area (Å²) in [5, 5.41) is 4.64. The number of likely N-dealkylation sites (tertiary alicyclic amines) is 1. The largest absolute Gasteiger partial charge is 0.339 e. The Hall–Kier alpha value is -2.57. The Labute approximate surface area is 223 Å². The Balaban J connectivity index is 1.47. The van der Waals surface area contributed by atoms with Crippen molar-refractivity contribution < 1.29 is 4.79 Å². The van der Waals surface area contributed by atoms with Gasteiger partial charge in [0.25, 0.3) is 0 Å². The second kappa shape index (κ2) is 10.8. The Morgan fingerprint density at radius 1 is 0.861 bits per heavy atom. The summed E-state index contributed by atoms with van der Waals surface area (Å²) < 4.78 is 0. The van der Waals surface area contributed by atoms with Crippen LogP contribution in [0.15, 0.2) is 78.9 Å². The van der Waals surface area contributed by atoms with Gasteiger partial charge in [0, 0.05) is 41.9 Å². The predicted octanol–water partition coefficient (Wildman–Crippen LogP) is 5.44. The highest BCUT2D eigenvalue weighted by atomic mass is 35.5. The van der Waals surface area contributed by atoms with Crippen LogP contribution in [0.1, 0.15) is 30.0 Å². The topological polar surface area (TPSA) is 38.8 Å². The van der Waals surface area contributed by atoms with E-state index in [1.54, 1.807) is 0 Å². The van der Waals surface area contributed by atoms with Gasteiger partial charge >= 0.3 is 0 Å². The zero-order valence-corrected chi connectivity index (χ0v) is 22.1. The van der Waals surface area contributed by atoms with Gasteiger partial charge in [0.05, 0.1) is 12.7 Å². The van der Waals surface area contributed by atoms with Gasteiger partial charge in [-0.1, -0.05) is 77.8 Å². The van der Waals surface area contributed by atoms with Crippen LogP contribution in [0.3, 0.4) is 0 Å². The number of rotatable bonds is 7. The molecular weight excluding hydrogens is 491 g/mol. The van der Waals surface area contributed by atoms with Gasteiger partial charge in [0.2, 0.25) is 5.91 Å². The predicted molar refractivity (Wildman–Crippen MR) is 148 cm³/mol. The first-order valence-corrected chi connectivity index (χ1v) is 13.3. The minimum absolute atomic E-state index is 0.0770. The van der Waals surface area contributed by atoms with Crippen LogP contribution in [0.4, 0.5) is 5.69 Å². The molecule has 3 aromatic rings. The number of hydrogen-bond donors (Lipinski definition) is 1. The third kappa shape index (κ3) is 4.61.